The summed E-state index contributed by atoms with van der Waals surface area (Å²) in [6, 6.07) is 5.56. The van der Waals surface area contributed by atoms with Crippen molar-refractivity contribution in [2.45, 2.75) is 26.2 Å². The van der Waals surface area contributed by atoms with Crippen LogP contribution in [-0.4, -0.2) is 63.8 Å². The molecule has 1 aliphatic rings. The SMILES string of the molecule is C=C/C(=C\C(=C/C)c1ccc2[nH]nc(-c3nc4c(N5CCCCC5)nccc4[nH]3)c2c1F)CN(C)C. The van der Waals surface area contributed by atoms with Gasteiger partial charge in [0.2, 0.25) is 0 Å². The molecule has 0 bridgehead atoms. The minimum absolute atomic E-state index is 0.330. The van der Waals surface area contributed by atoms with Gasteiger partial charge in [-0.2, -0.15) is 5.10 Å². The Labute approximate surface area is 210 Å². The fraction of sp³-hybridized carbons (Fsp3) is 0.321. The Hall–Kier alpha value is -3.78. The van der Waals surface area contributed by atoms with Crippen LogP contribution in [-0.2, 0) is 0 Å². The highest BCUT2D eigenvalue weighted by molar-refractivity contribution is 5.97. The number of anilines is 1. The van der Waals surface area contributed by atoms with Crippen molar-refractivity contribution in [3.8, 4) is 11.5 Å². The first-order chi connectivity index (χ1) is 17.5. The van der Waals surface area contributed by atoms with Gasteiger partial charge in [-0.3, -0.25) is 5.10 Å². The molecule has 7 nitrogen and oxygen atoms in total. The molecule has 4 aromatic rings. The summed E-state index contributed by atoms with van der Waals surface area (Å²) in [6.45, 7) is 8.49. The molecule has 1 saturated heterocycles. The highest BCUT2D eigenvalue weighted by Gasteiger charge is 2.22. The van der Waals surface area contributed by atoms with Gasteiger partial charge in [0.1, 0.15) is 17.0 Å². The predicted molar refractivity (Wildman–Crippen MR) is 145 cm³/mol. The van der Waals surface area contributed by atoms with Crippen molar-refractivity contribution in [1.82, 2.24) is 30.0 Å². The Morgan fingerprint density at radius 3 is 2.69 bits per heavy atom. The number of benzene rings is 1. The molecule has 0 saturated carbocycles. The number of imidazole rings is 1. The van der Waals surface area contributed by atoms with E-state index < -0.39 is 0 Å². The standard InChI is InChI=1S/C28H32FN7/c1-5-18(17-35(3)4)16-19(6-2)20-10-11-21-23(24(20)29)26(34-33-21)27-31-22-12-13-30-28(25(22)32-27)36-14-8-7-9-15-36/h5-6,10-13,16H,1,7-9,14-15,17H2,2-4H3,(H,31,32)(H,33,34)/b18-16+,19-6+. The van der Waals surface area contributed by atoms with Crippen molar-refractivity contribution >= 4 is 33.3 Å². The lowest BCUT2D eigenvalue weighted by molar-refractivity contribution is 0.449. The minimum atomic E-state index is -0.330. The topological polar surface area (TPSA) is 76.7 Å². The molecule has 1 aromatic carbocycles. The molecule has 0 unspecified atom stereocenters. The molecule has 0 aliphatic carbocycles. The Morgan fingerprint density at radius 1 is 1.17 bits per heavy atom. The van der Waals surface area contributed by atoms with Gasteiger partial charge < -0.3 is 14.8 Å². The van der Waals surface area contributed by atoms with E-state index in [0.717, 1.165) is 53.9 Å². The zero-order chi connectivity index (χ0) is 25.2. The molecule has 0 amide bonds. The molecule has 8 heteroatoms. The van der Waals surface area contributed by atoms with Crippen LogP contribution in [0.3, 0.4) is 0 Å². The number of allylic oxidation sites excluding steroid dienone is 3. The summed E-state index contributed by atoms with van der Waals surface area (Å²) in [5.74, 6) is 1.06. The summed E-state index contributed by atoms with van der Waals surface area (Å²) in [5, 5.41) is 7.85. The van der Waals surface area contributed by atoms with E-state index in [2.05, 4.69) is 36.5 Å². The number of rotatable bonds is 7. The first-order valence-electron chi connectivity index (χ1n) is 12.4. The molecule has 0 spiro atoms. The fourth-order valence-electron chi connectivity index (χ4n) is 4.89. The summed E-state index contributed by atoms with van der Waals surface area (Å²) < 4.78 is 16.1. The van der Waals surface area contributed by atoms with Gasteiger partial charge in [0.25, 0.3) is 0 Å². The first-order valence-corrected chi connectivity index (χ1v) is 12.4. The Bertz CT molecular complexity index is 1470. The number of hydrogen-bond donors (Lipinski definition) is 2. The van der Waals surface area contributed by atoms with Gasteiger partial charge in [-0.1, -0.05) is 24.8 Å². The number of piperidine rings is 1. The van der Waals surface area contributed by atoms with E-state index in [1.54, 1.807) is 12.3 Å². The van der Waals surface area contributed by atoms with Crippen LogP contribution >= 0.6 is 0 Å². The summed E-state index contributed by atoms with van der Waals surface area (Å²) in [7, 11) is 3.99. The van der Waals surface area contributed by atoms with Crippen LogP contribution in [0.5, 0.6) is 0 Å². The van der Waals surface area contributed by atoms with E-state index in [9.17, 15) is 0 Å². The van der Waals surface area contributed by atoms with Crippen molar-refractivity contribution in [2.75, 3.05) is 38.6 Å². The van der Waals surface area contributed by atoms with E-state index in [1.165, 1.54) is 6.42 Å². The first kappa shape index (κ1) is 23.9. The lowest BCUT2D eigenvalue weighted by atomic mass is 9.99. The molecule has 5 rings (SSSR count). The number of fused-ring (bicyclic) bond motifs is 2. The predicted octanol–water partition coefficient (Wildman–Crippen LogP) is 5.71. The second-order valence-corrected chi connectivity index (χ2v) is 9.49. The molecular formula is C28H32FN7. The number of nitrogens with one attached hydrogen (secondary N) is 2. The highest BCUT2D eigenvalue weighted by atomic mass is 19.1. The molecule has 3 aromatic heterocycles. The number of H-pyrrole nitrogens is 2. The maximum atomic E-state index is 16.1. The number of nitrogens with zero attached hydrogens (tertiary/aromatic N) is 5. The lowest BCUT2D eigenvalue weighted by Crippen LogP contribution is -2.30. The highest BCUT2D eigenvalue weighted by Crippen LogP contribution is 2.34. The Kier molecular flexibility index (Phi) is 6.69. The second-order valence-electron chi connectivity index (χ2n) is 9.49. The van der Waals surface area contributed by atoms with Gasteiger partial charge >= 0.3 is 0 Å². The van der Waals surface area contributed by atoms with Crippen molar-refractivity contribution in [2.24, 2.45) is 0 Å². The number of aromatic amines is 2. The van der Waals surface area contributed by atoms with Crippen molar-refractivity contribution < 1.29 is 4.39 Å². The Balaban J connectivity index is 1.60. The fourth-order valence-corrected chi connectivity index (χ4v) is 4.89. The van der Waals surface area contributed by atoms with Gasteiger partial charge in [0.05, 0.1) is 16.4 Å². The molecule has 36 heavy (non-hydrogen) atoms. The van der Waals surface area contributed by atoms with E-state index in [0.29, 0.717) is 34.5 Å². The molecule has 4 heterocycles. The maximum Gasteiger partial charge on any atom is 0.159 e. The number of halogens is 1. The van der Waals surface area contributed by atoms with Crippen LogP contribution in [0.15, 0.2) is 54.8 Å². The molecule has 1 aliphatic heterocycles. The van der Waals surface area contributed by atoms with Gasteiger partial charge in [-0.05, 0) is 69.6 Å². The van der Waals surface area contributed by atoms with Crippen LogP contribution in [0.4, 0.5) is 10.2 Å². The van der Waals surface area contributed by atoms with E-state index in [4.69, 9.17) is 4.98 Å². The molecule has 2 N–H and O–H groups in total. The second kappa shape index (κ2) is 10.1. The van der Waals surface area contributed by atoms with Crippen molar-refractivity contribution in [3.05, 3.63) is 66.2 Å². The number of aromatic nitrogens is 5. The zero-order valence-electron chi connectivity index (χ0n) is 21.1. The van der Waals surface area contributed by atoms with Crippen molar-refractivity contribution in [1.29, 1.82) is 0 Å². The van der Waals surface area contributed by atoms with Crippen LogP contribution in [0.2, 0.25) is 0 Å². The average molecular weight is 486 g/mol. The van der Waals surface area contributed by atoms with Crippen LogP contribution in [0.1, 0.15) is 31.7 Å². The Morgan fingerprint density at radius 2 is 1.97 bits per heavy atom. The van der Waals surface area contributed by atoms with Gasteiger partial charge in [-0.25, -0.2) is 14.4 Å². The number of likely N-dealkylation sites (N-methyl/N-ethyl adjacent to an activating group) is 1. The molecular weight excluding hydrogens is 453 g/mol. The smallest absolute Gasteiger partial charge is 0.159 e. The summed E-state index contributed by atoms with van der Waals surface area (Å²) in [5.41, 5.74) is 5.05. The number of hydrogen-bond acceptors (Lipinski definition) is 5. The summed E-state index contributed by atoms with van der Waals surface area (Å²) in [6.07, 6.45) is 11.0. The third-order valence-electron chi connectivity index (χ3n) is 6.65. The molecule has 0 radical (unpaired) electrons. The minimum Gasteiger partial charge on any atom is -0.355 e. The lowest BCUT2D eigenvalue weighted by Gasteiger charge is -2.27. The quantitative estimate of drug-likeness (QED) is 0.328. The monoisotopic (exact) mass is 485 g/mol. The van der Waals surface area contributed by atoms with Crippen LogP contribution in [0.25, 0.3) is 39.0 Å². The number of pyridine rings is 1. The normalized spacial score (nSPS) is 15.4. The summed E-state index contributed by atoms with van der Waals surface area (Å²) >= 11 is 0. The third-order valence-corrected chi connectivity index (χ3v) is 6.65. The molecule has 1 fully saturated rings. The zero-order valence-corrected chi connectivity index (χ0v) is 21.1. The van der Waals surface area contributed by atoms with Gasteiger partial charge in [-0.15, -0.1) is 0 Å². The molecule has 0 atom stereocenters. The summed E-state index contributed by atoms with van der Waals surface area (Å²) in [4.78, 5) is 17.2. The van der Waals surface area contributed by atoms with E-state index in [-0.39, 0.29) is 5.82 Å². The van der Waals surface area contributed by atoms with E-state index >= 15 is 4.39 Å². The van der Waals surface area contributed by atoms with E-state index in [1.807, 2.05) is 51.4 Å². The average Bonchev–Trinajstić information content (AvgIpc) is 3.52. The maximum absolute atomic E-state index is 16.1. The van der Waals surface area contributed by atoms with Gasteiger partial charge in [0.15, 0.2) is 11.6 Å². The van der Waals surface area contributed by atoms with Crippen LogP contribution < -0.4 is 4.90 Å². The van der Waals surface area contributed by atoms with Gasteiger partial charge in [0, 0.05) is 31.4 Å². The third kappa shape index (κ3) is 4.44. The largest absolute Gasteiger partial charge is 0.355 e. The molecule has 186 valence electrons. The van der Waals surface area contributed by atoms with Crippen molar-refractivity contribution in [3.63, 3.8) is 0 Å². The van der Waals surface area contributed by atoms with Crippen LogP contribution in [0, 0.1) is 5.82 Å².